The summed E-state index contributed by atoms with van der Waals surface area (Å²) in [5.74, 6) is 0.148. The van der Waals surface area contributed by atoms with Gasteiger partial charge in [-0.1, -0.05) is 12.1 Å². The van der Waals surface area contributed by atoms with Crippen molar-refractivity contribution in [3.05, 3.63) is 29.8 Å². The van der Waals surface area contributed by atoms with E-state index in [1.54, 1.807) is 24.3 Å². The van der Waals surface area contributed by atoms with Gasteiger partial charge in [0.2, 0.25) is 6.79 Å². The van der Waals surface area contributed by atoms with Gasteiger partial charge in [0.25, 0.3) is 0 Å². The van der Waals surface area contributed by atoms with Crippen LogP contribution in [0.5, 0.6) is 11.5 Å². The molecule has 0 fully saturated rings. The van der Waals surface area contributed by atoms with Gasteiger partial charge < -0.3 is 14.6 Å². The summed E-state index contributed by atoms with van der Waals surface area (Å²) in [7, 11) is 0. The molecule has 0 saturated carbocycles. The third-order valence-electron chi connectivity index (χ3n) is 2.44. The molecular formula is C13H12O5. The summed E-state index contributed by atoms with van der Waals surface area (Å²) < 4.78 is 10.4. The molecule has 0 aromatic heterocycles. The van der Waals surface area contributed by atoms with Crippen molar-refractivity contribution in [2.24, 2.45) is 0 Å². The lowest BCUT2D eigenvalue weighted by molar-refractivity contribution is -0.138. The fraction of sp³-hybridized carbons (Fsp3) is 0.231. The van der Waals surface area contributed by atoms with Crippen molar-refractivity contribution in [3.8, 4) is 11.5 Å². The number of benzene rings is 1. The number of ether oxygens (including phenoxy) is 2. The van der Waals surface area contributed by atoms with Gasteiger partial charge in [0.05, 0.1) is 6.42 Å². The molecule has 1 aliphatic rings. The minimum atomic E-state index is -0.972. The van der Waals surface area contributed by atoms with Gasteiger partial charge in [-0.25, -0.2) is 0 Å². The van der Waals surface area contributed by atoms with Gasteiger partial charge in [-0.05, 0) is 23.8 Å². The molecule has 5 heteroatoms. The molecule has 1 aliphatic heterocycles. The molecule has 0 spiro atoms. The molecule has 0 amide bonds. The lowest BCUT2D eigenvalue weighted by Crippen LogP contribution is -1.99. The highest BCUT2D eigenvalue weighted by atomic mass is 16.7. The largest absolute Gasteiger partial charge is 0.481 e. The molecule has 1 aromatic carbocycles. The second kappa shape index (κ2) is 5.35. The topological polar surface area (TPSA) is 72.8 Å². The van der Waals surface area contributed by atoms with E-state index in [1.165, 1.54) is 6.08 Å². The highest BCUT2D eigenvalue weighted by molar-refractivity contribution is 5.95. The first-order chi connectivity index (χ1) is 8.65. The molecule has 0 unspecified atom stereocenters. The number of allylic oxidation sites excluding steroid dienone is 1. The monoisotopic (exact) mass is 248 g/mol. The van der Waals surface area contributed by atoms with Gasteiger partial charge in [-0.2, -0.15) is 0 Å². The quantitative estimate of drug-likeness (QED) is 0.805. The molecule has 1 N–H and O–H groups in total. The van der Waals surface area contributed by atoms with Gasteiger partial charge in [0.1, 0.15) is 0 Å². The van der Waals surface area contributed by atoms with E-state index in [4.69, 9.17) is 14.6 Å². The van der Waals surface area contributed by atoms with Crippen LogP contribution in [0.15, 0.2) is 24.3 Å². The predicted molar refractivity (Wildman–Crippen MR) is 63.5 cm³/mol. The van der Waals surface area contributed by atoms with E-state index in [0.29, 0.717) is 11.5 Å². The average Bonchev–Trinajstić information content (AvgIpc) is 2.81. The third kappa shape index (κ3) is 3.10. The first-order valence-electron chi connectivity index (χ1n) is 5.47. The van der Waals surface area contributed by atoms with Gasteiger partial charge in [0, 0.05) is 6.42 Å². The molecule has 0 atom stereocenters. The van der Waals surface area contributed by atoms with E-state index in [-0.39, 0.29) is 25.4 Å². The lowest BCUT2D eigenvalue weighted by Gasteiger charge is -1.97. The number of ketones is 1. The Labute approximate surface area is 104 Å². The number of rotatable bonds is 5. The minimum absolute atomic E-state index is 0.0103. The third-order valence-corrected chi connectivity index (χ3v) is 2.44. The zero-order valence-corrected chi connectivity index (χ0v) is 9.59. The highest BCUT2D eigenvalue weighted by Gasteiger charge is 2.12. The summed E-state index contributed by atoms with van der Waals surface area (Å²) in [6.45, 7) is 0.208. The fourth-order valence-electron chi connectivity index (χ4n) is 1.52. The van der Waals surface area contributed by atoms with E-state index in [0.717, 1.165) is 5.56 Å². The average molecular weight is 248 g/mol. The van der Waals surface area contributed by atoms with Gasteiger partial charge in [-0.15, -0.1) is 0 Å². The molecule has 5 nitrogen and oxygen atoms in total. The number of hydrogen-bond acceptors (Lipinski definition) is 4. The molecule has 94 valence electrons. The van der Waals surface area contributed by atoms with Crippen LogP contribution in [0.2, 0.25) is 0 Å². The Hall–Kier alpha value is -2.30. The van der Waals surface area contributed by atoms with Crippen molar-refractivity contribution in [1.82, 2.24) is 0 Å². The van der Waals surface area contributed by atoms with Crippen LogP contribution in [0.25, 0.3) is 6.08 Å². The summed E-state index contributed by atoms with van der Waals surface area (Å²) in [4.78, 5) is 21.6. The maximum atomic E-state index is 11.3. The first-order valence-corrected chi connectivity index (χ1v) is 5.47. The van der Waals surface area contributed by atoms with Crippen molar-refractivity contribution in [1.29, 1.82) is 0 Å². The Kier molecular flexibility index (Phi) is 3.62. The van der Waals surface area contributed by atoms with Crippen molar-refractivity contribution < 1.29 is 24.2 Å². The van der Waals surface area contributed by atoms with Crippen LogP contribution in [0.4, 0.5) is 0 Å². The van der Waals surface area contributed by atoms with Crippen LogP contribution in [-0.2, 0) is 9.59 Å². The van der Waals surface area contributed by atoms with E-state index in [2.05, 4.69) is 0 Å². The fourth-order valence-corrected chi connectivity index (χ4v) is 1.52. The van der Waals surface area contributed by atoms with Crippen LogP contribution in [0.1, 0.15) is 18.4 Å². The molecular weight excluding hydrogens is 236 g/mol. The SMILES string of the molecule is O=C(O)CCC(=O)/C=C/c1ccc2c(c1)OCO2. The summed E-state index contributed by atoms with van der Waals surface area (Å²) in [6, 6.07) is 5.33. The minimum Gasteiger partial charge on any atom is -0.481 e. The normalized spacial score (nSPS) is 12.9. The Balaban J connectivity index is 1.96. The predicted octanol–water partition coefficient (Wildman–Crippen LogP) is 1.86. The summed E-state index contributed by atoms with van der Waals surface area (Å²) in [6.07, 6.45) is 2.87. The maximum Gasteiger partial charge on any atom is 0.303 e. The second-order valence-electron chi connectivity index (χ2n) is 3.81. The zero-order valence-electron chi connectivity index (χ0n) is 9.59. The molecule has 1 aromatic rings. The molecule has 2 rings (SSSR count). The van der Waals surface area contributed by atoms with Crippen molar-refractivity contribution in [3.63, 3.8) is 0 Å². The van der Waals surface area contributed by atoms with Gasteiger partial charge in [-0.3, -0.25) is 9.59 Å². The molecule has 18 heavy (non-hydrogen) atoms. The number of carboxylic acids is 1. The van der Waals surface area contributed by atoms with Crippen LogP contribution < -0.4 is 9.47 Å². The van der Waals surface area contributed by atoms with E-state index in [9.17, 15) is 9.59 Å². The Bertz CT molecular complexity index is 504. The molecule has 1 heterocycles. The number of carbonyl (C=O) groups is 2. The second-order valence-corrected chi connectivity index (χ2v) is 3.81. The maximum absolute atomic E-state index is 11.3. The van der Waals surface area contributed by atoms with Crippen molar-refractivity contribution in [2.45, 2.75) is 12.8 Å². The molecule has 0 radical (unpaired) electrons. The van der Waals surface area contributed by atoms with Crippen LogP contribution in [0.3, 0.4) is 0 Å². The van der Waals surface area contributed by atoms with Gasteiger partial charge >= 0.3 is 5.97 Å². The summed E-state index contributed by atoms with van der Waals surface area (Å²) in [5.41, 5.74) is 0.808. The summed E-state index contributed by atoms with van der Waals surface area (Å²) >= 11 is 0. The van der Waals surface area contributed by atoms with Gasteiger partial charge in [0.15, 0.2) is 17.3 Å². The lowest BCUT2D eigenvalue weighted by atomic mass is 10.1. The number of hydrogen-bond donors (Lipinski definition) is 1. The molecule has 0 aliphatic carbocycles. The number of carbonyl (C=O) groups excluding carboxylic acids is 1. The highest BCUT2D eigenvalue weighted by Crippen LogP contribution is 2.32. The Morgan fingerprint density at radius 2 is 2.00 bits per heavy atom. The number of carboxylic acid groups (broad SMARTS) is 1. The summed E-state index contributed by atoms with van der Waals surface area (Å²) in [5, 5.41) is 8.45. The van der Waals surface area contributed by atoms with Crippen LogP contribution in [-0.4, -0.2) is 23.7 Å². The van der Waals surface area contributed by atoms with E-state index in [1.807, 2.05) is 0 Å². The molecule has 0 saturated heterocycles. The smallest absolute Gasteiger partial charge is 0.303 e. The van der Waals surface area contributed by atoms with Crippen LogP contribution in [0, 0.1) is 0 Å². The van der Waals surface area contributed by atoms with Crippen LogP contribution >= 0.6 is 0 Å². The van der Waals surface area contributed by atoms with Crippen molar-refractivity contribution in [2.75, 3.05) is 6.79 Å². The number of fused-ring (bicyclic) bond motifs is 1. The zero-order chi connectivity index (χ0) is 13.0. The number of aliphatic carboxylic acids is 1. The first kappa shape index (κ1) is 12.2. The molecule has 0 bridgehead atoms. The Morgan fingerprint density at radius 3 is 2.78 bits per heavy atom. The van der Waals surface area contributed by atoms with E-state index < -0.39 is 5.97 Å². The van der Waals surface area contributed by atoms with Crippen molar-refractivity contribution >= 4 is 17.8 Å². The standard InChI is InChI=1S/C13H12O5/c14-10(4-6-13(15)16)3-1-9-2-5-11-12(7-9)18-8-17-11/h1-3,5,7H,4,6,8H2,(H,15,16)/b3-1+. The van der Waals surface area contributed by atoms with E-state index >= 15 is 0 Å². The Morgan fingerprint density at radius 1 is 1.22 bits per heavy atom.